The summed E-state index contributed by atoms with van der Waals surface area (Å²) in [5.41, 5.74) is 0. The van der Waals surface area contributed by atoms with Crippen molar-refractivity contribution in [2.45, 2.75) is 63.7 Å². The van der Waals surface area contributed by atoms with Gasteiger partial charge >= 0.3 is 5.97 Å². The second kappa shape index (κ2) is 5.36. The Morgan fingerprint density at radius 1 is 1.53 bits per heavy atom. The minimum Gasteiger partial charge on any atom is -0.468 e. The van der Waals surface area contributed by atoms with Gasteiger partial charge in [0.05, 0.1) is 7.11 Å². The molecule has 0 aromatic rings. The molecular weight excluding hydrogens is 216 g/mol. The first-order valence-electron chi connectivity index (χ1n) is 6.75. The van der Waals surface area contributed by atoms with Crippen LogP contribution >= 0.6 is 0 Å². The zero-order valence-electron chi connectivity index (χ0n) is 11.1. The zero-order chi connectivity index (χ0) is 12.4. The highest BCUT2D eigenvalue weighted by Crippen LogP contribution is 2.33. The first-order valence-corrected chi connectivity index (χ1v) is 6.75. The molecule has 1 saturated heterocycles. The molecule has 2 aliphatic rings. The number of nitrogens with one attached hydrogen (secondary N) is 1. The van der Waals surface area contributed by atoms with Crippen molar-refractivity contribution >= 4 is 5.97 Å². The van der Waals surface area contributed by atoms with E-state index in [2.05, 4.69) is 17.1 Å². The number of ether oxygens (including phenoxy) is 1. The number of hydrogen-bond acceptors (Lipinski definition) is 4. The number of likely N-dealkylation sites (tertiary alicyclic amines) is 1. The van der Waals surface area contributed by atoms with E-state index in [0.29, 0.717) is 12.1 Å². The molecule has 0 bridgehead atoms. The molecule has 3 atom stereocenters. The Labute approximate surface area is 104 Å². The Kier molecular flexibility index (Phi) is 4.05. The summed E-state index contributed by atoms with van der Waals surface area (Å²) in [5, 5.41) is 3.44. The summed E-state index contributed by atoms with van der Waals surface area (Å²) in [5.74, 6) is -0.134. The van der Waals surface area contributed by atoms with Gasteiger partial charge in [0, 0.05) is 24.7 Å². The van der Waals surface area contributed by atoms with Crippen LogP contribution in [0.25, 0.3) is 0 Å². The Morgan fingerprint density at radius 2 is 2.24 bits per heavy atom. The minimum absolute atomic E-state index is 0.134. The molecule has 0 spiro atoms. The van der Waals surface area contributed by atoms with Gasteiger partial charge in [-0.1, -0.05) is 6.92 Å². The lowest BCUT2D eigenvalue weighted by Gasteiger charge is -2.21. The van der Waals surface area contributed by atoms with Crippen LogP contribution in [0.5, 0.6) is 0 Å². The average molecular weight is 240 g/mol. The van der Waals surface area contributed by atoms with Crippen LogP contribution < -0.4 is 5.32 Å². The van der Waals surface area contributed by atoms with Crippen LogP contribution in [0.4, 0.5) is 0 Å². The van der Waals surface area contributed by atoms with Gasteiger partial charge in [-0.05, 0) is 32.6 Å². The fraction of sp³-hybridized carbons (Fsp3) is 0.923. The summed E-state index contributed by atoms with van der Waals surface area (Å²) in [6, 6.07) is 1.76. The maximum atomic E-state index is 11.5. The molecule has 0 amide bonds. The van der Waals surface area contributed by atoms with Gasteiger partial charge in [-0.15, -0.1) is 0 Å². The largest absolute Gasteiger partial charge is 0.468 e. The second-order valence-corrected chi connectivity index (χ2v) is 5.36. The monoisotopic (exact) mass is 240 g/mol. The number of rotatable bonds is 5. The molecule has 0 aromatic carbocycles. The number of esters is 1. The van der Waals surface area contributed by atoms with Gasteiger partial charge in [-0.25, -0.2) is 0 Å². The highest BCUT2D eigenvalue weighted by atomic mass is 16.5. The average Bonchev–Trinajstić information content (AvgIpc) is 3.10. The van der Waals surface area contributed by atoms with Crippen molar-refractivity contribution < 1.29 is 9.53 Å². The van der Waals surface area contributed by atoms with E-state index >= 15 is 0 Å². The molecule has 2 fully saturated rings. The second-order valence-electron chi connectivity index (χ2n) is 5.36. The standard InChI is InChI=1S/C13H24N2O2/c1-4-12(13(16)17-3)14-10-7-9(2)15(8-10)11-5-6-11/h9-12,14H,4-8H2,1-3H3. The van der Waals surface area contributed by atoms with Crippen molar-refractivity contribution in [2.24, 2.45) is 0 Å². The van der Waals surface area contributed by atoms with E-state index in [-0.39, 0.29) is 12.0 Å². The number of carbonyl (C=O) groups excluding carboxylic acids is 1. The van der Waals surface area contributed by atoms with Crippen molar-refractivity contribution in [1.82, 2.24) is 10.2 Å². The molecule has 1 saturated carbocycles. The van der Waals surface area contributed by atoms with Gasteiger partial charge in [-0.3, -0.25) is 9.69 Å². The first kappa shape index (κ1) is 12.8. The lowest BCUT2D eigenvalue weighted by atomic mass is 10.1. The maximum Gasteiger partial charge on any atom is 0.322 e. The minimum atomic E-state index is -0.142. The third-order valence-corrected chi connectivity index (χ3v) is 3.97. The third kappa shape index (κ3) is 2.99. The molecule has 4 nitrogen and oxygen atoms in total. The van der Waals surface area contributed by atoms with Crippen molar-refractivity contribution in [3.8, 4) is 0 Å². The zero-order valence-corrected chi connectivity index (χ0v) is 11.1. The smallest absolute Gasteiger partial charge is 0.322 e. The fourth-order valence-corrected chi connectivity index (χ4v) is 2.87. The van der Waals surface area contributed by atoms with Gasteiger partial charge in [0.15, 0.2) is 0 Å². The van der Waals surface area contributed by atoms with Crippen LogP contribution in [0.3, 0.4) is 0 Å². The number of nitrogens with zero attached hydrogens (tertiary/aromatic N) is 1. The number of hydrogen-bond donors (Lipinski definition) is 1. The van der Waals surface area contributed by atoms with E-state index in [1.165, 1.54) is 20.0 Å². The van der Waals surface area contributed by atoms with Crippen LogP contribution in [0.2, 0.25) is 0 Å². The Balaban J connectivity index is 1.84. The Hall–Kier alpha value is -0.610. The van der Waals surface area contributed by atoms with E-state index in [9.17, 15) is 4.79 Å². The molecule has 0 aromatic heterocycles. The van der Waals surface area contributed by atoms with E-state index < -0.39 is 0 Å². The lowest BCUT2D eigenvalue weighted by Crippen LogP contribution is -2.44. The van der Waals surface area contributed by atoms with Gasteiger partial charge in [0.1, 0.15) is 6.04 Å². The van der Waals surface area contributed by atoms with Crippen molar-refractivity contribution in [2.75, 3.05) is 13.7 Å². The number of carbonyl (C=O) groups is 1. The Bertz CT molecular complexity index is 279. The molecule has 1 N–H and O–H groups in total. The summed E-state index contributed by atoms with van der Waals surface area (Å²) >= 11 is 0. The van der Waals surface area contributed by atoms with Crippen LogP contribution in [-0.2, 0) is 9.53 Å². The first-order chi connectivity index (χ1) is 8.15. The highest BCUT2D eigenvalue weighted by Gasteiger charge is 2.39. The summed E-state index contributed by atoms with van der Waals surface area (Å²) < 4.78 is 4.81. The normalized spacial score (nSPS) is 31.5. The van der Waals surface area contributed by atoms with Gasteiger partial charge in [0.25, 0.3) is 0 Å². The predicted molar refractivity (Wildman–Crippen MR) is 66.8 cm³/mol. The van der Waals surface area contributed by atoms with Crippen molar-refractivity contribution in [3.05, 3.63) is 0 Å². The molecule has 1 heterocycles. The molecule has 1 aliphatic carbocycles. The summed E-state index contributed by atoms with van der Waals surface area (Å²) in [6.07, 6.45) is 4.64. The van der Waals surface area contributed by atoms with Crippen LogP contribution in [-0.4, -0.2) is 48.7 Å². The number of methoxy groups -OCH3 is 1. The van der Waals surface area contributed by atoms with Crippen LogP contribution in [0.15, 0.2) is 0 Å². The third-order valence-electron chi connectivity index (χ3n) is 3.97. The Morgan fingerprint density at radius 3 is 2.76 bits per heavy atom. The van der Waals surface area contributed by atoms with E-state index in [1.54, 1.807) is 0 Å². The lowest BCUT2D eigenvalue weighted by molar-refractivity contribution is -0.143. The molecule has 98 valence electrons. The molecule has 3 unspecified atom stereocenters. The molecule has 4 heteroatoms. The quantitative estimate of drug-likeness (QED) is 0.732. The molecule has 2 rings (SSSR count). The molecule has 17 heavy (non-hydrogen) atoms. The fourth-order valence-electron chi connectivity index (χ4n) is 2.87. The summed E-state index contributed by atoms with van der Waals surface area (Å²) in [7, 11) is 1.46. The van der Waals surface area contributed by atoms with E-state index in [1.807, 2.05) is 6.92 Å². The molecular formula is C13H24N2O2. The molecule has 1 aliphatic heterocycles. The SMILES string of the molecule is CCC(NC1CC(C)N(C2CC2)C1)C(=O)OC. The maximum absolute atomic E-state index is 11.5. The highest BCUT2D eigenvalue weighted by molar-refractivity contribution is 5.75. The summed E-state index contributed by atoms with van der Waals surface area (Å²) in [6.45, 7) is 5.39. The van der Waals surface area contributed by atoms with Gasteiger partial charge < -0.3 is 10.1 Å². The van der Waals surface area contributed by atoms with E-state index in [0.717, 1.165) is 25.4 Å². The van der Waals surface area contributed by atoms with Gasteiger partial charge in [0.2, 0.25) is 0 Å². The van der Waals surface area contributed by atoms with E-state index in [4.69, 9.17) is 4.74 Å². The van der Waals surface area contributed by atoms with Crippen molar-refractivity contribution in [1.29, 1.82) is 0 Å². The molecule has 0 radical (unpaired) electrons. The topological polar surface area (TPSA) is 41.6 Å². The predicted octanol–water partition coefficient (Wildman–Crippen LogP) is 1.15. The van der Waals surface area contributed by atoms with Gasteiger partial charge in [-0.2, -0.15) is 0 Å². The van der Waals surface area contributed by atoms with Crippen LogP contribution in [0, 0.1) is 0 Å². The van der Waals surface area contributed by atoms with Crippen LogP contribution in [0.1, 0.15) is 39.5 Å². The summed E-state index contributed by atoms with van der Waals surface area (Å²) in [4.78, 5) is 14.1. The van der Waals surface area contributed by atoms with Crippen molar-refractivity contribution in [3.63, 3.8) is 0 Å².